The van der Waals surface area contributed by atoms with Gasteiger partial charge in [-0.15, -0.1) is 0 Å². The van der Waals surface area contributed by atoms with Gasteiger partial charge in [0.05, 0.1) is 12.7 Å². The molecule has 6 heteroatoms. The SMILES string of the molecule is COC(=O)N1CCc2o[nH]c(=O)c2CC1. The van der Waals surface area contributed by atoms with Gasteiger partial charge in [-0.1, -0.05) is 0 Å². The Morgan fingerprint density at radius 3 is 2.93 bits per heavy atom. The standard InChI is InChI=1S/C9H12N2O4/c1-14-9(13)11-4-2-6-7(3-5-11)15-10-8(6)12/h2-5H2,1H3,(H,10,12). The average molecular weight is 212 g/mol. The zero-order chi connectivity index (χ0) is 10.8. The number of aromatic amines is 1. The van der Waals surface area contributed by atoms with Gasteiger partial charge < -0.3 is 14.2 Å². The van der Waals surface area contributed by atoms with Gasteiger partial charge in [-0.2, -0.15) is 5.16 Å². The van der Waals surface area contributed by atoms with Crippen LogP contribution in [0.5, 0.6) is 0 Å². The van der Waals surface area contributed by atoms with E-state index in [0.29, 0.717) is 37.3 Å². The summed E-state index contributed by atoms with van der Waals surface area (Å²) in [5.74, 6) is 0.645. The molecule has 1 amide bonds. The fraction of sp³-hybridized carbons (Fsp3) is 0.556. The molecule has 1 N–H and O–H groups in total. The molecule has 0 unspecified atom stereocenters. The summed E-state index contributed by atoms with van der Waals surface area (Å²) in [5.41, 5.74) is 0.443. The lowest BCUT2D eigenvalue weighted by atomic mass is 10.2. The highest BCUT2D eigenvalue weighted by Gasteiger charge is 2.22. The third-order valence-corrected chi connectivity index (χ3v) is 2.55. The normalized spacial score (nSPS) is 15.7. The van der Waals surface area contributed by atoms with Crippen molar-refractivity contribution in [3.8, 4) is 0 Å². The molecule has 0 radical (unpaired) electrons. The number of ether oxygens (including phenoxy) is 1. The van der Waals surface area contributed by atoms with E-state index >= 15 is 0 Å². The van der Waals surface area contributed by atoms with Crippen molar-refractivity contribution < 1.29 is 14.1 Å². The first kappa shape index (κ1) is 9.82. The Morgan fingerprint density at radius 1 is 1.47 bits per heavy atom. The molecular formula is C9H12N2O4. The van der Waals surface area contributed by atoms with E-state index in [1.165, 1.54) is 7.11 Å². The first-order valence-electron chi connectivity index (χ1n) is 4.74. The van der Waals surface area contributed by atoms with E-state index in [0.717, 1.165) is 0 Å². The highest BCUT2D eigenvalue weighted by Crippen LogP contribution is 2.12. The van der Waals surface area contributed by atoms with Crippen LogP contribution in [0.15, 0.2) is 9.32 Å². The smallest absolute Gasteiger partial charge is 0.409 e. The molecule has 0 aromatic carbocycles. The lowest BCUT2D eigenvalue weighted by Crippen LogP contribution is -2.33. The highest BCUT2D eigenvalue weighted by atomic mass is 16.5. The van der Waals surface area contributed by atoms with Gasteiger partial charge in [0.2, 0.25) is 0 Å². The molecule has 15 heavy (non-hydrogen) atoms. The minimum absolute atomic E-state index is 0.197. The number of nitrogens with one attached hydrogen (secondary N) is 1. The van der Waals surface area contributed by atoms with Gasteiger partial charge in [-0.25, -0.2) is 4.79 Å². The van der Waals surface area contributed by atoms with Gasteiger partial charge in [-0.3, -0.25) is 4.79 Å². The Morgan fingerprint density at radius 2 is 2.20 bits per heavy atom. The van der Waals surface area contributed by atoms with Crippen molar-refractivity contribution in [1.29, 1.82) is 0 Å². The van der Waals surface area contributed by atoms with Crippen molar-refractivity contribution in [2.45, 2.75) is 12.8 Å². The number of carbonyl (C=O) groups excluding carboxylic acids is 1. The Kier molecular flexibility index (Phi) is 2.49. The number of rotatable bonds is 0. The molecule has 0 aliphatic carbocycles. The van der Waals surface area contributed by atoms with Crippen LogP contribution in [-0.2, 0) is 17.6 Å². The summed E-state index contributed by atoms with van der Waals surface area (Å²) < 4.78 is 9.63. The average Bonchev–Trinajstić information content (AvgIpc) is 2.50. The lowest BCUT2D eigenvalue weighted by Gasteiger charge is -2.17. The number of H-pyrrole nitrogens is 1. The lowest BCUT2D eigenvalue weighted by molar-refractivity contribution is 0.125. The van der Waals surface area contributed by atoms with Crippen molar-refractivity contribution in [3.63, 3.8) is 0 Å². The van der Waals surface area contributed by atoms with Crippen LogP contribution in [0.3, 0.4) is 0 Å². The van der Waals surface area contributed by atoms with E-state index in [9.17, 15) is 9.59 Å². The molecule has 2 heterocycles. The maximum atomic E-state index is 11.3. The van der Waals surface area contributed by atoms with E-state index in [1.54, 1.807) is 4.90 Å². The molecule has 0 fully saturated rings. The predicted molar refractivity (Wildman–Crippen MR) is 50.7 cm³/mol. The molecule has 1 aromatic rings. The molecular weight excluding hydrogens is 200 g/mol. The minimum atomic E-state index is -0.364. The van der Waals surface area contributed by atoms with Crippen LogP contribution in [0.4, 0.5) is 4.79 Å². The molecule has 0 atom stereocenters. The minimum Gasteiger partial charge on any atom is -0.453 e. The van der Waals surface area contributed by atoms with Crippen LogP contribution in [0.25, 0.3) is 0 Å². The number of amides is 1. The Labute approximate surface area is 85.8 Å². The van der Waals surface area contributed by atoms with Crippen LogP contribution in [0.2, 0.25) is 0 Å². The second-order valence-electron chi connectivity index (χ2n) is 3.39. The molecule has 1 aromatic heterocycles. The van der Waals surface area contributed by atoms with Crippen LogP contribution >= 0.6 is 0 Å². The van der Waals surface area contributed by atoms with Crippen LogP contribution in [0.1, 0.15) is 11.3 Å². The number of methoxy groups -OCH3 is 1. The largest absolute Gasteiger partial charge is 0.453 e. The van der Waals surface area contributed by atoms with Gasteiger partial charge in [0, 0.05) is 19.5 Å². The van der Waals surface area contributed by atoms with Gasteiger partial charge in [0.15, 0.2) is 0 Å². The van der Waals surface area contributed by atoms with Crippen molar-refractivity contribution in [2.24, 2.45) is 0 Å². The second kappa shape index (κ2) is 3.80. The van der Waals surface area contributed by atoms with E-state index in [4.69, 9.17) is 4.52 Å². The fourth-order valence-corrected chi connectivity index (χ4v) is 1.72. The second-order valence-corrected chi connectivity index (χ2v) is 3.39. The Hall–Kier alpha value is -1.72. The first-order valence-corrected chi connectivity index (χ1v) is 4.74. The third-order valence-electron chi connectivity index (χ3n) is 2.55. The summed E-state index contributed by atoms with van der Waals surface area (Å²) in [4.78, 5) is 24.1. The van der Waals surface area contributed by atoms with E-state index in [1.807, 2.05) is 0 Å². The van der Waals surface area contributed by atoms with Gasteiger partial charge in [0.1, 0.15) is 5.76 Å². The molecule has 82 valence electrons. The monoisotopic (exact) mass is 212 g/mol. The maximum Gasteiger partial charge on any atom is 0.409 e. The number of aromatic nitrogens is 1. The predicted octanol–water partition coefficient (Wildman–Crippen LogP) is 0.135. The molecule has 2 rings (SSSR count). The van der Waals surface area contributed by atoms with Gasteiger partial charge in [0.25, 0.3) is 5.56 Å². The summed E-state index contributed by atoms with van der Waals surface area (Å²) in [6, 6.07) is 0. The van der Waals surface area contributed by atoms with Crippen molar-refractivity contribution in [3.05, 3.63) is 21.7 Å². The summed E-state index contributed by atoms with van der Waals surface area (Å²) in [7, 11) is 1.34. The summed E-state index contributed by atoms with van der Waals surface area (Å²) in [5, 5.41) is 2.30. The molecule has 6 nitrogen and oxygen atoms in total. The van der Waals surface area contributed by atoms with E-state index in [2.05, 4.69) is 9.89 Å². The molecule has 0 spiro atoms. The zero-order valence-electron chi connectivity index (χ0n) is 8.41. The Balaban J connectivity index is 2.15. The van der Waals surface area contributed by atoms with Crippen LogP contribution < -0.4 is 5.56 Å². The van der Waals surface area contributed by atoms with Gasteiger partial charge in [-0.05, 0) is 6.42 Å². The number of fused-ring (bicyclic) bond motifs is 1. The van der Waals surface area contributed by atoms with Gasteiger partial charge >= 0.3 is 6.09 Å². The zero-order valence-corrected chi connectivity index (χ0v) is 8.41. The van der Waals surface area contributed by atoms with Crippen LogP contribution in [-0.4, -0.2) is 36.3 Å². The molecule has 1 aliphatic heterocycles. The number of hydrogen-bond donors (Lipinski definition) is 1. The Bertz CT molecular complexity index is 420. The van der Waals surface area contributed by atoms with Crippen molar-refractivity contribution in [1.82, 2.24) is 10.1 Å². The first-order chi connectivity index (χ1) is 7.22. The third kappa shape index (κ3) is 1.74. The maximum absolute atomic E-state index is 11.3. The fourth-order valence-electron chi connectivity index (χ4n) is 1.72. The number of hydrogen-bond acceptors (Lipinski definition) is 4. The van der Waals surface area contributed by atoms with Crippen molar-refractivity contribution >= 4 is 6.09 Å². The summed E-state index contributed by atoms with van der Waals surface area (Å²) in [6.45, 7) is 1.00. The quantitative estimate of drug-likeness (QED) is 0.663. The molecule has 0 saturated carbocycles. The number of carbonyl (C=O) groups is 1. The molecule has 1 aliphatic rings. The number of nitrogens with zero attached hydrogens (tertiary/aromatic N) is 1. The van der Waals surface area contributed by atoms with Crippen molar-refractivity contribution in [2.75, 3.05) is 20.2 Å². The topological polar surface area (TPSA) is 75.5 Å². The molecule has 0 bridgehead atoms. The highest BCUT2D eigenvalue weighted by molar-refractivity contribution is 5.67. The van der Waals surface area contributed by atoms with E-state index in [-0.39, 0.29) is 11.7 Å². The summed E-state index contributed by atoms with van der Waals surface area (Å²) in [6.07, 6.45) is 0.691. The van der Waals surface area contributed by atoms with Crippen LogP contribution in [0, 0.1) is 0 Å². The summed E-state index contributed by atoms with van der Waals surface area (Å²) >= 11 is 0. The van der Waals surface area contributed by atoms with E-state index < -0.39 is 0 Å². The molecule has 0 saturated heterocycles.